The van der Waals surface area contributed by atoms with Gasteiger partial charge in [0.05, 0.1) is 19.4 Å². The highest BCUT2D eigenvalue weighted by molar-refractivity contribution is 5.98. The van der Waals surface area contributed by atoms with E-state index in [2.05, 4.69) is 7.05 Å². The van der Waals surface area contributed by atoms with Gasteiger partial charge in [-0.05, 0) is 24.3 Å². The fourth-order valence-electron chi connectivity index (χ4n) is 2.68. The van der Waals surface area contributed by atoms with Crippen molar-refractivity contribution in [2.24, 2.45) is 0 Å². The third kappa shape index (κ3) is 4.09. The molecule has 0 unspecified atom stereocenters. The summed E-state index contributed by atoms with van der Waals surface area (Å²) in [5.74, 6) is -1.90. The van der Waals surface area contributed by atoms with Crippen molar-refractivity contribution in [2.45, 2.75) is 12.5 Å². The number of quaternary nitrogens is 2. The van der Waals surface area contributed by atoms with Crippen molar-refractivity contribution in [1.29, 1.82) is 0 Å². The Labute approximate surface area is 123 Å². The minimum Gasteiger partial charge on any atom is -0.544 e. The molecular weight excluding hydrogens is 275 g/mol. The first kappa shape index (κ1) is 15.6. The summed E-state index contributed by atoms with van der Waals surface area (Å²) in [4.78, 5) is 25.7. The predicted octanol–water partition coefficient (Wildman–Crippen LogP) is -3.07. The van der Waals surface area contributed by atoms with Crippen LogP contribution < -0.4 is 14.9 Å². The highest BCUT2D eigenvalue weighted by Crippen LogP contribution is 2.06. The number of carbonyl (C=O) groups excluding carboxylic acids is 2. The Morgan fingerprint density at radius 2 is 1.76 bits per heavy atom. The quantitative estimate of drug-likeness (QED) is 0.567. The van der Waals surface area contributed by atoms with Gasteiger partial charge in [0.2, 0.25) is 0 Å². The molecule has 0 saturated carbocycles. The number of carboxylic acid groups (broad SMARTS) is 1. The van der Waals surface area contributed by atoms with Gasteiger partial charge in [-0.15, -0.1) is 0 Å². The lowest BCUT2D eigenvalue weighted by molar-refractivity contribution is -1.01. The fourth-order valence-corrected chi connectivity index (χ4v) is 2.68. The number of carboxylic acids is 1. The van der Waals surface area contributed by atoms with Crippen LogP contribution in [-0.4, -0.2) is 51.0 Å². The van der Waals surface area contributed by atoms with E-state index in [0.717, 1.165) is 18.0 Å². The third-order valence-electron chi connectivity index (χ3n) is 4.08. The molecule has 0 amide bonds. The average Bonchev–Trinajstić information content (AvgIpc) is 2.46. The van der Waals surface area contributed by atoms with E-state index in [1.54, 1.807) is 0 Å². The largest absolute Gasteiger partial charge is 0.544 e. The number of benzene rings is 1. The van der Waals surface area contributed by atoms with Crippen molar-refractivity contribution < 1.29 is 28.9 Å². The van der Waals surface area contributed by atoms with Crippen molar-refractivity contribution in [3.8, 4) is 0 Å². The minimum atomic E-state index is -1.19. The first-order chi connectivity index (χ1) is 9.97. The van der Waals surface area contributed by atoms with Gasteiger partial charge in [-0.1, -0.05) is 0 Å². The van der Waals surface area contributed by atoms with Crippen LogP contribution in [0.1, 0.15) is 16.8 Å². The SMILES string of the molecule is C[NH+]1CC[NH+]([C@@H](CC(=O)c2ccc(F)cc2)C(=O)[O-])CC1. The van der Waals surface area contributed by atoms with E-state index in [-0.39, 0.29) is 12.2 Å². The number of hydrogen-bond donors (Lipinski definition) is 2. The molecule has 1 aliphatic heterocycles. The van der Waals surface area contributed by atoms with Crippen LogP contribution in [-0.2, 0) is 4.79 Å². The van der Waals surface area contributed by atoms with E-state index >= 15 is 0 Å². The second-order valence-electron chi connectivity index (χ2n) is 5.62. The molecule has 5 nitrogen and oxygen atoms in total. The fraction of sp³-hybridized carbons (Fsp3) is 0.467. The zero-order chi connectivity index (χ0) is 15.4. The van der Waals surface area contributed by atoms with Gasteiger partial charge in [0, 0.05) is 5.56 Å². The molecular formula is C15H20FN2O3+. The summed E-state index contributed by atoms with van der Waals surface area (Å²) >= 11 is 0. The van der Waals surface area contributed by atoms with Gasteiger partial charge >= 0.3 is 0 Å². The number of aliphatic carboxylic acids is 1. The van der Waals surface area contributed by atoms with E-state index in [0.29, 0.717) is 18.7 Å². The van der Waals surface area contributed by atoms with Gasteiger partial charge < -0.3 is 19.7 Å². The summed E-state index contributed by atoms with van der Waals surface area (Å²) in [5.41, 5.74) is 0.335. The summed E-state index contributed by atoms with van der Waals surface area (Å²) in [7, 11) is 2.06. The van der Waals surface area contributed by atoms with Crippen LogP contribution in [0.4, 0.5) is 4.39 Å². The van der Waals surface area contributed by atoms with Crippen molar-refractivity contribution in [2.75, 3.05) is 33.2 Å². The van der Waals surface area contributed by atoms with E-state index < -0.39 is 17.8 Å². The molecule has 0 bridgehead atoms. The molecule has 1 saturated heterocycles. The van der Waals surface area contributed by atoms with E-state index in [1.165, 1.54) is 29.2 Å². The van der Waals surface area contributed by atoms with Gasteiger partial charge in [-0.3, -0.25) is 4.79 Å². The molecule has 6 heteroatoms. The molecule has 2 N–H and O–H groups in total. The Balaban J connectivity index is 2.04. The van der Waals surface area contributed by atoms with Gasteiger partial charge in [0.25, 0.3) is 0 Å². The first-order valence-electron chi connectivity index (χ1n) is 7.13. The van der Waals surface area contributed by atoms with Crippen molar-refractivity contribution in [3.63, 3.8) is 0 Å². The Morgan fingerprint density at radius 1 is 1.19 bits per heavy atom. The lowest BCUT2D eigenvalue weighted by atomic mass is 10.0. The number of likely N-dealkylation sites (N-methyl/N-ethyl adjacent to an activating group) is 1. The lowest BCUT2D eigenvalue weighted by Gasteiger charge is -2.33. The number of halogens is 1. The third-order valence-corrected chi connectivity index (χ3v) is 4.08. The highest BCUT2D eigenvalue weighted by atomic mass is 19.1. The topological polar surface area (TPSA) is 66.1 Å². The summed E-state index contributed by atoms with van der Waals surface area (Å²) in [6.45, 7) is 3.18. The molecule has 1 aliphatic rings. The van der Waals surface area contributed by atoms with Crippen LogP contribution in [0.3, 0.4) is 0 Å². The standard InChI is InChI=1S/C15H19FN2O3/c1-17-6-8-18(9-7-17)13(15(20)21)10-14(19)11-2-4-12(16)5-3-11/h2-5,13H,6-10H2,1H3,(H,20,21)/p+1/t13-/m0/s1. The maximum absolute atomic E-state index is 12.8. The van der Waals surface area contributed by atoms with Crippen LogP contribution in [0.5, 0.6) is 0 Å². The Hall–Kier alpha value is -1.79. The highest BCUT2D eigenvalue weighted by Gasteiger charge is 2.30. The first-order valence-corrected chi connectivity index (χ1v) is 7.13. The van der Waals surface area contributed by atoms with Crippen molar-refractivity contribution >= 4 is 11.8 Å². The molecule has 1 heterocycles. The maximum atomic E-state index is 12.8. The molecule has 0 aromatic heterocycles. The van der Waals surface area contributed by atoms with E-state index in [9.17, 15) is 19.1 Å². The van der Waals surface area contributed by atoms with Crippen LogP contribution in [0.2, 0.25) is 0 Å². The van der Waals surface area contributed by atoms with Gasteiger partial charge in [-0.2, -0.15) is 0 Å². The van der Waals surface area contributed by atoms with Gasteiger partial charge in [0.15, 0.2) is 5.78 Å². The zero-order valence-electron chi connectivity index (χ0n) is 12.0. The number of rotatable bonds is 5. The Bertz CT molecular complexity index is 510. The van der Waals surface area contributed by atoms with Crippen LogP contribution >= 0.6 is 0 Å². The molecule has 1 atom stereocenters. The molecule has 114 valence electrons. The molecule has 0 radical (unpaired) electrons. The number of nitrogens with one attached hydrogen (secondary N) is 2. The number of ketones is 1. The zero-order valence-corrected chi connectivity index (χ0v) is 12.0. The summed E-state index contributed by atoms with van der Waals surface area (Å²) in [5, 5.41) is 11.4. The molecule has 1 aromatic rings. The van der Waals surface area contributed by atoms with Crippen LogP contribution in [0, 0.1) is 5.82 Å². The minimum absolute atomic E-state index is 0.109. The Morgan fingerprint density at radius 3 is 2.29 bits per heavy atom. The molecule has 21 heavy (non-hydrogen) atoms. The number of hydrogen-bond acceptors (Lipinski definition) is 3. The number of carbonyl (C=O) groups is 2. The second kappa shape index (κ2) is 6.78. The van der Waals surface area contributed by atoms with Crippen molar-refractivity contribution in [3.05, 3.63) is 35.6 Å². The average molecular weight is 295 g/mol. The number of Topliss-reactive ketones (excluding diaryl/α,β-unsaturated/α-hetero) is 1. The maximum Gasteiger partial charge on any atom is 0.169 e. The summed E-state index contributed by atoms with van der Waals surface area (Å²) in [6.07, 6.45) is -0.109. The van der Waals surface area contributed by atoms with Gasteiger partial charge in [-0.25, -0.2) is 4.39 Å². The summed E-state index contributed by atoms with van der Waals surface area (Å²) < 4.78 is 12.8. The molecule has 1 fully saturated rings. The van der Waals surface area contributed by atoms with E-state index in [1.807, 2.05) is 0 Å². The smallest absolute Gasteiger partial charge is 0.169 e. The molecule has 1 aromatic carbocycles. The van der Waals surface area contributed by atoms with Crippen molar-refractivity contribution in [1.82, 2.24) is 0 Å². The normalized spacial score (nSPS) is 23.5. The van der Waals surface area contributed by atoms with E-state index in [4.69, 9.17) is 0 Å². The van der Waals surface area contributed by atoms with Crippen LogP contribution in [0.25, 0.3) is 0 Å². The van der Waals surface area contributed by atoms with Crippen LogP contribution in [0.15, 0.2) is 24.3 Å². The Kier molecular flexibility index (Phi) is 5.03. The molecule has 0 spiro atoms. The second-order valence-corrected chi connectivity index (χ2v) is 5.62. The lowest BCUT2D eigenvalue weighted by Crippen LogP contribution is -3.29. The molecule has 0 aliphatic carbocycles. The summed E-state index contributed by atoms with van der Waals surface area (Å²) in [6, 6.07) is 4.33. The monoisotopic (exact) mass is 295 g/mol. The predicted molar refractivity (Wildman–Crippen MR) is 71.5 cm³/mol. The van der Waals surface area contributed by atoms with Gasteiger partial charge in [0.1, 0.15) is 38.0 Å². The molecule has 2 rings (SSSR count). The number of piperazine rings is 1.